The minimum absolute atomic E-state index is 0.0311. The van der Waals surface area contributed by atoms with Gasteiger partial charge in [0.15, 0.2) is 0 Å². The lowest BCUT2D eigenvalue weighted by Crippen LogP contribution is -2.11. The predicted octanol–water partition coefficient (Wildman–Crippen LogP) is 3.61. The van der Waals surface area contributed by atoms with E-state index < -0.39 is 0 Å². The summed E-state index contributed by atoms with van der Waals surface area (Å²) in [4.78, 5) is 11.4. The number of alkyl halides is 1. The second-order valence-corrected chi connectivity index (χ2v) is 5.52. The fourth-order valence-corrected chi connectivity index (χ4v) is 1.81. The van der Waals surface area contributed by atoms with Gasteiger partial charge in [-0.15, -0.1) is 0 Å². The van der Waals surface area contributed by atoms with Crippen molar-refractivity contribution in [2.45, 2.75) is 32.0 Å². The number of hydrogen-bond acceptors (Lipinski definition) is 1. The van der Waals surface area contributed by atoms with E-state index in [4.69, 9.17) is 0 Å². The largest absolute Gasteiger partial charge is 0.326 e. The van der Waals surface area contributed by atoms with Crippen LogP contribution in [0.2, 0.25) is 0 Å². The van der Waals surface area contributed by atoms with Crippen molar-refractivity contribution in [2.75, 3.05) is 5.32 Å². The molecule has 1 atom stereocenters. The second kappa shape index (κ2) is 6.04. The number of carbonyl (C=O) groups is 1. The summed E-state index contributed by atoms with van der Waals surface area (Å²) in [6, 6.07) is 7.99. The van der Waals surface area contributed by atoms with Gasteiger partial charge in [0.05, 0.1) is 0 Å². The molecule has 3 heteroatoms. The number of carbonyl (C=O) groups excluding carboxylic acids is 1. The average molecular weight is 284 g/mol. The van der Waals surface area contributed by atoms with Crippen LogP contribution in [0.3, 0.4) is 0 Å². The number of amides is 1. The first-order valence-electron chi connectivity index (χ1n) is 5.49. The molecule has 1 aromatic rings. The summed E-state index contributed by atoms with van der Waals surface area (Å²) in [7, 11) is 0. The zero-order valence-corrected chi connectivity index (χ0v) is 11.5. The summed E-state index contributed by atoms with van der Waals surface area (Å²) in [6.45, 7) is 5.91. The maximum absolute atomic E-state index is 10.9. The standard InChI is InChI=1S/C13H18BrNO/c1-9(2)13(14)8-11-5-4-6-12(7-11)15-10(3)16/h4-7,9,13H,8H2,1-3H3,(H,15,16). The van der Waals surface area contributed by atoms with Gasteiger partial charge in [-0.2, -0.15) is 0 Å². The van der Waals surface area contributed by atoms with Gasteiger partial charge in [-0.05, 0) is 30.0 Å². The molecule has 16 heavy (non-hydrogen) atoms. The van der Waals surface area contributed by atoms with E-state index in [2.05, 4.69) is 41.2 Å². The van der Waals surface area contributed by atoms with Crippen LogP contribution in [0.25, 0.3) is 0 Å². The Bertz CT molecular complexity index is 363. The van der Waals surface area contributed by atoms with Crippen molar-refractivity contribution in [3.63, 3.8) is 0 Å². The molecule has 1 amide bonds. The number of benzene rings is 1. The molecule has 1 unspecified atom stereocenters. The minimum atomic E-state index is -0.0311. The first kappa shape index (κ1) is 13.2. The highest BCUT2D eigenvalue weighted by molar-refractivity contribution is 9.09. The Labute approximate surface area is 106 Å². The Kier molecular flexibility index (Phi) is 5.00. The summed E-state index contributed by atoms with van der Waals surface area (Å²) in [5.74, 6) is 0.570. The molecule has 0 saturated carbocycles. The monoisotopic (exact) mass is 283 g/mol. The molecule has 0 saturated heterocycles. The molecule has 0 aromatic heterocycles. The number of hydrogen-bond donors (Lipinski definition) is 1. The lowest BCUT2D eigenvalue weighted by molar-refractivity contribution is -0.114. The van der Waals surface area contributed by atoms with Crippen LogP contribution in [0.15, 0.2) is 24.3 Å². The Morgan fingerprint density at radius 3 is 2.69 bits per heavy atom. The molecule has 0 aliphatic rings. The van der Waals surface area contributed by atoms with E-state index in [0.717, 1.165) is 12.1 Å². The molecule has 0 radical (unpaired) electrons. The molecule has 2 nitrogen and oxygen atoms in total. The maximum Gasteiger partial charge on any atom is 0.221 e. The third kappa shape index (κ3) is 4.35. The van der Waals surface area contributed by atoms with E-state index in [9.17, 15) is 4.79 Å². The number of nitrogens with one attached hydrogen (secondary N) is 1. The van der Waals surface area contributed by atoms with Crippen molar-refractivity contribution in [3.05, 3.63) is 29.8 Å². The van der Waals surface area contributed by atoms with E-state index in [-0.39, 0.29) is 5.91 Å². The summed E-state index contributed by atoms with van der Waals surface area (Å²) in [5, 5.41) is 2.79. The molecule has 0 aliphatic carbocycles. The Morgan fingerprint density at radius 1 is 1.44 bits per heavy atom. The maximum atomic E-state index is 10.9. The molecular weight excluding hydrogens is 266 g/mol. The Hall–Kier alpha value is -0.830. The topological polar surface area (TPSA) is 29.1 Å². The van der Waals surface area contributed by atoms with E-state index in [0.29, 0.717) is 10.7 Å². The van der Waals surface area contributed by atoms with Gasteiger partial charge in [0.2, 0.25) is 5.91 Å². The number of anilines is 1. The van der Waals surface area contributed by atoms with Crippen LogP contribution in [0.1, 0.15) is 26.3 Å². The van der Waals surface area contributed by atoms with Crippen LogP contribution in [0, 0.1) is 5.92 Å². The molecular formula is C13H18BrNO. The van der Waals surface area contributed by atoms with Crippen molar-refractivity contribution in [3.8, 4) is 0 Å². The average Bonchev–Trinajstić information content (AvgIpc) is 2.16. The van der Waals surface area contributed by atoms with Crippen molar-refractivity contribution >= 4 is 27.5 Å². The molecule has 0 heterocycles. The predicted molar refractivity (Wildman–Crippen MR) is 72.0 cm³/mol. The van der Waals surface area contributed by atoms with Crippen LogP contribution >= 0.6 is 15.9 Å². The van der Waals surface area contributed by atoms with Gasteiger partial charge >= 0.3 is 0 Å². The zero-order chi connectivity index (χ0) is 12.1. The summed E-state index contributed by atoms with van der Waals surface area (Å²) in [6.07, 6.45) is 0.977. The van der Waals surface area contributed by atoms with E-state index in [1.165, 1.54) is 12.5 Å². The summed E-state index contributed by atoms with van der Waals surface area (Å²) < 4.78 is 0. The van der Waals surface area contributed by atoms with Crippen molar-refractivity contribution in [1.29, 1.82) is 0 Å². The fraction of sp³-hybridized carbons (Fsp3) is 0.462. The molecule has 0 aliphatic heterocycles. The first-order valence-corrected chi connectivity index (χ1v) is 6.41. The van der Waals surface area contributed by atoms with Gasteiger partial charge in [0.1, 0.15) is 0 Å². The third-order valence-corrected chi connectivity index (χ3v) is 3.78. The third-order valence-electron chi connectivity index (χ3n) is 2.40. The van der Waals surface area contributed by atoms with Gasteiger partial charge in [-0.3, -0.25) is 4.79 Å². The molecule has 0 spiro atoms. The summed E-state index contributed by atoms with van der Waals surface area (Å²) >= 11 is 3.67. The molecule has 88 valence electrons. The molecule has 0 bridgehead atoms. The normalized spacial score (nSPS) is 12.6. The summed E-state index contributed by atoms with van der Waals surface area (Å²) in [5.41, 5.74) is 2.11. The fourth-order valence-electron chi connectivity index (χ4n) is 1.44. The van der Waals surface area contributed by atoms with Crippen molar-refractivity contribution in [2.24, 2.45) is 5.92 Å². The quantitative estimate of drug-likeness (QED) is 0.841. The van der Waals surface area contributed by atoms with E-state index >= 15 is 0 Å². The number of rotatable bonds is 4. The lowest BCUT2D eigenvalue weighted by atomic mass is 10.0. The smallest absolute Gasteiger partial charge is 0.221 e. The Morgan fingerprint density at radius 2 is 2.12 bits per heavy atom. The van der Waals surface area contributed by atoms with E-state index in [1.807, 2.05) is 18.2 Å². The van der Waals surface area contributed by atoms with Gasteiger partial charge in [-0.25, -0.2) is 0 Å². The van der Waals surface area contributed by atoms with E-state index in [1.54, 1.807) is 0 Å². The second-order valence-electron chi connectivity index (χ2n) is 4.35. The van der Waals surface area contributed by atoms with Gasteiger partial charge in [0, 0.05) is 17.4 Å². The minimum Gasteiger partial charge on any atom is -0.326 e. The molecule has 1 N–H and O–H groups in total. The van der Waals surface area contributed by atoms with Crippen molar-refractivity contribution in [1.82, 2.24) is 0 Å². The molecule has 1 rings (SSSR count). The van der Waals surface area contributed by atoms with Gasteiger partial charge < -0.3 is 5.32 Å². The SMILES string of the molecule is CC(=O)Nc1cccc(CC(Br)C(C)C)c1. The Balaban J connectivity index is 2.70. The lowest BCUT2D eigenvalue weighted by Gasteiger charge is -2.14. The van der Waals surface area contributed by atoms with Crippen LogP contribution in [-0.2, 0) is 11.2 Å². The number of halogens is 1. The highest BCUT2D eigenvalue weighted by atomic mass is 79.9. The highest BCUT2D eigenvalue weighted by Gasteiger charge is 2.10. The van der Waals surface area contributed by atoms with Crippen LogP contribution in [-0.4, -0.2) is 10.7 Å². The van der Waals surface area contributed by atoms with Gasteiger partial charge in [-0.1, -0.05) is 41.9 Å². The van der Waals surface area contributed by atoms with Crippen molar-refractivity contribution < 1.29 is 4.79 Å². The zero-order valence-electron chi connectivity index (χ0n) is 9.96. The first-order chi connectivity index (χ1) is 7.49. The highest BCUT2D eigenvalue weighted by Crippen LogP contribution is 2.19. The van der Waals surface area contributed by atoms with Crippen LogP contribution < -0.4 is 5.32 Å². The molecule has 1 aromatic carbocycles. The van der Waals surface area contributed by atoms with Crippen LogP contribution in [0.5, 0.6) is 0 Å². The molecule has 0 fully saturated rings. The van der Waals surface area contributed by atoms with Gasteiger partial charge in [0.25, 0.3) is 0 Å². The van der Waals surface area contributed by atoms with Crippen LogP contribution in [0.4, 0.5) is 5.69 Å².